The first-order valence-corrected chi connectivity index (χ1v) is 7.70. The summed E-state index contributed by atoms with van der Waals surface area (Å²) in [6.07, 6.45) is 0.173. The van der Waals surface area contributed by atoms with Crippen LogP contribution in [0.5, 0.6) is 0 Å². The molecule has 0 saturated carbocycles. The monoisotopic (exact) mass is 307 g/mol. The van der Waals surface area contributed by atoms with Crippen LogP contribution in [0.25, 0.3) is 0 Å². The third-order valence-electron chi connectivity index (χ3n) is 3.27. The van der Waals surface area contributed by atoms with Crippen LogP contribution in [0.4, 0.5) is 5.69 Å². The first-order chi connectivity index (χ1) is 10.0. The molecular weight excluding hydrogens is 290 g/mol. The molecule has 6 heteroatoms. The molecule has 1 saturated heterocycles. The van der Waals surface area contributed by atoms with Crippen LogP contribution in [0.1, 0.15) is 13.3 Å². The predicted molar refractivity (Wildman–Crippen MR) is 81.0 cm³/mol. The van der Waals surface area contributed by atoms with Gasteiger partial charge in [-0.25, -0.2) is 4.90 Å². The molecule has 2 amide bonds. The van der Waals surface area contributed by atoms with Gasteiger partial charge in [0.2, 0.25) is 11.8 Å². The number of esters is 1. The van der Waals surface area contributed by atoms with E-state index in [1.807, 2.05) is 6.07 Å². The van der Waals surface area contributed by atoms with Gasteiger partial charge in [0.25, 0.3) is 0 Å². The van der Waals surface area contributed by atoms with Gasteiger partial charge >= 0.3 is 5.97 Å². The van der Waals surface area contributed by atoms with Crippen LogP contribution in [0.15, 0.2) is 30.3 Å². The number of ether oxygens (including phenoxy) is 1. The molecule has 0 N–H and O–H groups in total. The minimum absolute atomic E-state index is 0.173. The highest BCUT2D eigenvalue weighted by atomic mass is 32.2. The van der Waals surface area contributed by atoms with Gasteiger partial charge in [-0.05, 0) is 12.1 Å². The summed E-state index contributed by atoms with van der Waals surface area (Å²) < 4.78 is 4.65. The average molecular weight is 307 g/mol. The maximum atomic E-state index is 12.3. The van der Waals surface area contributed by atoms with Crippen LogP contribution >= 0.6 is 11.8 Å². The second-order valence-electron chi connectivity index (χ2n) is 4.85. The topological polar surface area (TPSA) is 63.7 Å². The zero-order valence-electron chi connectivity index (χ0n) is 11.9. The molecule has 21 heavy (non-hydrogen) atoms. The highest BCUT2D eigenvalue weighted by molar-refractivity contribution is 8.00. The summed E-state index contributed by atoms with van der Waals surface area (Å²) in [5.74, 6) is -0.561. The maximum Gasteiger partial charge on any atom is 0.309 e. The molecule has 0 spiro atoms. The number of hydrogen-bond donors (Lipinski definition) is 0. The van der Waals surface area contributed by atoms with Crippen LogP contribution in [-0.4, -0.2) is 35.9 Å². The van der Waals surface area contributed by atoms with Gasteiger partial charge in [0.1, 0.15) is 0 Å². The maximum absolute atomic E-state index is 12.3. The lowest BCUT2D eigenvalue weighted by Crippen LogP contribution is -2.31. The Kier molecular flexibility index (Phi) is 5.01. The van der Waals surface area contributed by atoms with E-state index in [1.54, 1.807) is 31.2 Å². The standard InChI is InChI=1S/C15H17NO4S/c1-10(15(19)20-2)9-21-12-8-13(17)16(14(12)18)11-6-4-3-5-7-11/h3-7,10,12H,8-9H2,1-2H3. The summed E-state index contributed by atoms with van der Waals surface area (Å²) in [5, 5.41) is -0.426. The van der Waals surface area contributed by atoms with Crippen molar-refractivity contribution in [2.75, 3.05) is 17.8 Å². The molecule has 2 atom stereocenters. The van der Waals surface area contributed by atoms with Crippen molar-refractivity contribution >= 4 is 35.2 Å². The lowest BCUT2D eigenvalue weighted by atomic mass is 10.2. The number of carbonyl (C=O) groups is 3. The molecule has 0 aliphatic carbocycles. The van der Waals surface area contributed by atoms with Crippen molar-refractivity contribution < 1.29 is 19.1 Å². The summed E-state index contributed by atoms with van der Waals surface area (Å²) in [4.78, 5) is 36.9. The highest BCUT2D eigenvalue weighted by Gasteiger charge is 2.40. The third kappa shape index (κ3) is 3.44. The Hall–Kier alpha value is -1.82. The molecule has 2 unspecified atom stereocenters. The van der Waals surface area contributed by atoms with Crippen molar-refractivity contribution in [3.05, 3.63) is 30.3 Å². The molecule has 5 nitrogen and oxygen atoms in total. The van der Waals surface area contributed by atoms with Gasteiger partial charge in [-0.15, -0.1) is 11.8 Å². The number of carbonyl (C=O) groups excluding carboxylic acids is 3. The summed E-state index contributed by atoms with van der Waals surface area (Å²) >= 11 is 1.33. The fourth-order valence-corrected chi connectivity index (χ4v) is 3.28. The smallest absolute Gasteiger partial charge is 0.309 e. The molecule has 1 heterocycles. The van der Waals surface area contributed by atoms with Gasteiger partial charge in [0.15, 0.2) is 0 Å². The van der Waals surface area contributed by atoms with Crippen molar-refractivity contribution in [1.82, 2.24) is 0 Å². The number of nitrogens with zero attached hydrogens (tertiary/aromatic N) is 1. The van der Waals surface area contributed by atoms with E-state index in [1.165, 1.54) is 23.8 Å². The molecule has 0 aromatic heterocycles. The molecule has 1 aromatic carbocycles. The van der Waals surface area contributed by atoms with Gasteiger partial charge in [-0.1, -0.05) is 25.1 Å². The van der Waals surface area contributed by atoms with Crippen LogP contribution < -0.4 is 4.90 Å². The second-order valence-corrected chi connectivity index (χ2v) is 6.09. The van der Waals surface area contributed by atoms with Crippen LogP contribution in [0.3, 0.4) is 0 Å². The lowest BCUT2D eigenvalue weighted by molar-refractivity contribution is -0.144. The van der Waals surface area contributed by atoms with Gasteiger partial charge in [-0.3, -0.25) is 14.4 Å². The predicted octanol–water partition coefficient (Wildman–Crippen LogP) is 1.86. The molecule has 1 fully saturated rings. The number of benzene rings is 1. The Bertz CT molecular complexity index is 546. The Morgan fingerprint density at radius 2 is 2.05 bits per heavy atom. The molecule has 1 aliphatic heterocycles. The van der Waals surface area contributed by atoms with Crippen molar-refractivity contribution in [3.8, 4) is 0 Å². The average Bonchev–Trinajstić information content (AvgIpc) is 2.79. The van der Waals surface area contributed by atoms with Gasteiger partial charge in [0.05, 0.1) is 24.0 Å². The molecule has 1 aromatic rings. The fraction of sp³-hybridized carbons (Fsp3) is 0.400. The van der Waals surface area contributed by atoms with E-state index in [0.717, 1.165) is 0 Å². The van der Waals surface area contributed by atoms with Gasteiger partial charge in [-0.2, -0.15) is 0 Å². The molecule has 0 bridgehead atoms. The Morgan fingerprint density at radius 3 is 2.67 bits per heavy atom. The number of anilines is 1. The zero-order chi connectivity index (χ0) is 15.4. The fourth-order valence-electron chi connectivity index (χ4n) is 2.11. The number of imide groups is 1. The number of rotatable bonds is 5. The molecule has 2 rings (SSSR count). The van der Waals surface area contributed by atoms with Crippen LogP contribution in [0, 0.1) is 5.92 Å². The SMILES string of the molecule is COC(=O)C(C)CSC1CC(=O)N(c2ccccc2)C1=O. The quantitative estimate of drug-likeness (QED) is 0.614. The first-order valence-electron chi connectivity index (χ1n) is 6.66. The lowest BCUT2D eigenvalue weighted by Gasteiger charge is -2.15. The molecule has 1 aliphatic rings. The van der Waals surface area contributed by atoms with Crippen molar-refractivity contribution in [2.24, 2.45) is 5.92 Å². The Morgan fingerprint density at radius 1 is 1.38 bits per heavy atom. The highest BCUT2D eigenvalue weighted by Crippen LogP contribution is 2.30. The van der Waals surface area contributed by atoms with Crippen LogP contribution in [0.2, 0.25) is 0 Å². The Balaban J connectivity index is 2.00. The van der Waals surface area contributed by atoms with E-state index >= 15 is 0 Å². The summed E-state index contributed by atoms with van der Waals surface area (Å²) in [5.41, 5.74) is 0.594. The van der Waals surface area contributed by atoms with Crippen LogP contribution in [-0.2, 0) is 19.1 Å². The number of methoxy groups -OCH3 is 1. The summed E-state index contributed by atoms with van der Waals surface area (Å²) in [6, 6.07) is 8.88. The number of thioether (sulfide) groups is 1. The Labute approximate surface area is 127 Å². The van der Waals surface area contributed by atoms with E-state index in [0.29, 0.717) is 11.4 Å². The van der Waals surface area contributed by atoms with Crippen molar-refractivity contribution in [3.63, 3.8) is 0 Å². The third-order valence-corrected chi connectivity index (χ3v) is 4.73. The molecule has 0 radical (unpaired) electrons. The minimum Gasteiger partial charge on any atom is -0.469 e. The van der Waals surface area contributed by atoms with Gasteiger partial charge < -0.3 is 4.74 Å². The number of para-hydroxylation sites is 1. The first kappa shape index (κ1) is 15.6. The normalized spacial score (nSPS) is 19.7. The summed E-state index contributed by atoms with van der Waals surface area (Å²) in [7, 11) is 1.34. The minimum atomic E-state index is -0.426. The number of amides is 2. The van der Waals surface area contributed by atoms with Crippen molar-refractivity contribution in [1.29, 1.82) is 0 Å². The summed E-state index contributed by atoms with van der Waals surface area (Å²) in [6.45, 7) is 1.75. The van der Waals surface area contributed by atoms with E-state index < -0.39 is 5.25 Å². The van der Waals surface area contributed by atoms with E-state index in [9.17, 15) is 14.4 Å². The largest absolute Gasteiger partial charge is 0.469 e. The van der Waals surface area contributed by atoms with E-state index in [4.69, 9.17) is 0 Å². The van der Waals surface area contributed by atoms with Crippen molar-refractivity contribution in [2.45, 2.75) is 18.6 Å². The second kappa shape index (κ2) is 6.76. The van der Waals surface area contributed by atoms with E-state index in [-0.39, 0.29) is 30.1 Å². The molecule has 112 valence electrons. The number of hydrogen-bond acceptors (Lipinski definition) is 5. The van der Waals surface area contributed by atoms with Gasteiger partial charge in [0, 0.05) is 12.2 Å². The molecular formula is C15H17NO4S. The van der Waals surface area contributed by atoms with E-state index in [2.05, 4.69) is 4.74 Å². The zero-order valence-corrected chi connectivity index (χ0v) is 12.8.